The number of rotatable bonds is 14. The Morgan fingerprint density at radius 2 is 1.81 bits per heavy atom. The summed E-state index contributed by atoms with van der Waals surface area (Å²) in [5.41, 5.74) is 7.65. The predicted octanol–water partition coefficient (Wildman–Crippen LogP) is 1.72. The molecule has 9 nitrogen and oxygen atoms in total. The lowest BCUT2D eigenvalue weighted by molar-refractivity contribution is -0.129. The second kappa shape index (κ2) is 16.8. The summed E-state index contributed by atoms with van der Waals surface area (Å²) in [7, 11) is 0. The molecule has 0 saturated heterocycles. The molecule has 2 aromatic rings. The summed E-state index contributed by atoms with van der Waals surface area (Å²) in [4.78, 5) is 36.8. The summed E-state index contributed by atoms with van der Waals surface area (Å²) in [6, 6.07) is 13.0. The molecule has 0 aromatic heterocycles. The summed E-state index contributed by atoms with van der Waals surface area (Å²) in [5, 5.41) is 17.2. The second-order valence-corrected chi connectivity index (χ2v) is 8.48. The maximum absolute atomic E-state index is 12.5. The van der Waals surface area contributed by atoms with Crippen LogP contribution in [0.1, 0.15) is 30.9 Å². The Morgan fingerprint density at radius 1 is 1.08 bits per heavy atom. The topological polar surface area (TPSA) is 143 Å². The average molecular weight is 541 g/mol. The third-order valence-corrected chi connectivity index (χ3v) is 5.40. The number of nitrogens with one attached hydrogen (secondary N) is 3. The first-order valence-corrected chi connectivity index (χ1v) is 11.8. The van der Waals surface area contributed by atoms with E-state index in [-0.39, 0.29) is 38.1 Å². The van der Waals surface area contributed by atoms with Gasteiger partial charge in [0, 0.05) is 30.3 Å². The monoisotopic (exact) mass is 540 g/mol. The lowest BCUT2D eigenvalue weighted by Crippen LogP contribution is -2.50. The van der Waals surface area contributed by atoms with Crippen molar-refractivity contribution in [3.63, 3.8) is 0 Å². The van der Waals surface area contributed by atoms with Crippen molar-refractivity contribution in [2.24, 2.45) is 5.73 Å². The largest absolute Gasteiger partial charge is 0.483 e. The SMILES string of the molecule is CC(NC(=O)C(N)CCc1ccccc1)C(=O)NCc1cc(Cl)ccc1OCC(=O)NCCCO.Cl. The van der Waals surface area contributed by atoms with Gasteiger partial charge < -0.3 is 31.5 Å². The number of carbonyl (C=O) groups excluding carboxylic acids is 3. The van der Waals surface area contributed by atoms with Gasteiger partial charge in [-0.05, 0) is 49.9 Å². The third-order valence-electron chi connectivity index (χ3n) is 5.17. The van der Waals surface area contributed by atoms with E-state index in [1.807, 2.05) is 30.3 Å². The van der Waals surface area contributed by atoms with Gasteiger partial charge in [-0.15, -0.1) is 12.4 Å². The Hall–Kier alpha value is -2.85. The molecule has 2 aromatic carbocycles. The van der Waals surface area contributed by atoms with Crippen molar-refractivity contribution >= 4 is 41.7 Å². The van der Waals surface area contributed by atoms with Crippen LogP contribution in [0.15, 0.2) is 48.5 Å². The minimum Gasteiger partial charge on any atom is -0.483 e. The van der Waals surface area contributed by atoms with E-state index in [0.717, 1.165) is 5.56 Å². The fourth-order valence-corrected chi connectivity index (χ4v) is 3.34. The fourth-order valence-electron chi connectivity index (χ4n) is 3.15. The first-order valence-electron chi connectivity index (χ1n) is 11.5. The van der Waals surface area contributed by atoms with Crippen LogP contribution >= 0.6 is 24.0 Å². The number of aliphatic hydroxyl groups is 1. The maximum Gasteiger partial charge on any atom is 0.257 e. The molecule has 11 heteroatoms. The lowest BCUT2D eigenvalue weighted by atomic mass is 10.1. The molecular formula is C25H34Cl2N4O5. The van der Waals surface area contributed by atoms with Gasteiger partial charge in [0.05, 0.1) is 6.04 Å². The highest BCUT2D eigenvalue weighted by Crippen LogP contribution is 2.23. The summed E-state index contributed by atoms with van der Waals surface area (Å²) in [5.74, 6) is -0.737. The molecule has 198 valence electrons. The molecule has 0 fully saturated rings. The number of carbonyl (C=O) groups is 3. The fraction of sp³-hybridized carbons (Fsp3) is 0.400. The number of ether oxygens (including phenoxy) is 1. The highest BCUT2D eigenvalue weighted by molar-refractivity contribution is 6.30. The molecule has 0 saturated carbocycles. The van der Waals surface area contributed by atoms with E-state index >= 15 is 0 Å². The molecular weight excluding hydrogens is 507 g/mol. The van der Waals surface area contributed by atoms with Gasteiger partial charge in [0.25, 0.3) is 5.91 Å². The highest BCUT2D eigenvalue weighted by atomic mass is 35.5. The Bertz CT molecular complexity index is 978. The van der Waals surface area contributed by atoms with Crippen molar-refractivity contribution in [1.29, 1.82) is 0 Å². The van der Waals surface area contributed by atoms with E-state index in [4.69, 9.17) is 27.2 Å². The molecule has 0 aliphatic carbocycles. The molecule has 36 heavy (non-hydrogen) atoms. The van der Waals surface area contributed by atoms with E-state index in [2.05, 4.69) is 16.0 Å². The summed E-state index contributed by atoms with van der Waals surface area (Å²) in [6.07, 6.45) is 1.57. The van der Waals surface area contributed by atoms with Crippen molar-refractivity contribution < 1.29 is 24.2 Å². The van der Waals surface area contributed by atoms with Gasteiger partial charge in [0.2, 0.25) is 11.8 Å². The highest BCUT2D eigenvalue weighted by Gasteiger charge is 2.20. The molecule has 2 unspecified atom stereocenters. The normalized spacial score (nSPS) is 12.0. The number of benzene rings is 2. The lowest BCUT2D eigenvalue weighted by Gasteiger charge is -2.18. The van der Waals surface area contributed by atoms with E-state index in [1.54, 1.807) is 25.1 Å². The molecule has 0 bridgehead atoms. The Balaban J connectivity index is 0.00000648. The van der Waals surface area contributed by atoms with Crippen LogP contribution in [0, 0.1) is 0 Å². The van der Waals surface area contributed by atoms with Gasteiger partial charge in [-0.3, -0.25) is 14.4 Å². The predicted molar refractivity (Wildman–Crippen MR) is 141 cm³/mol. The first kappa shape index (κ1) is 31.2. The van der Waals surface area contributed by atoms with Crippen molar-refractivity contribution in [3.05, 3.63) is 64.7 Å². The minimum atomic E-state index is -0.800. The minimum absolute atomic E-state index is 0. The van der Waals surface area contributed by atoms with Crippen LogP contribution in [-0.4, -0.2) is 54.7 Å². The van der Waals surface area contributed by atoms with Crippen molar-refractivity contribution in [1.82, 2.24) is 16.0 Å². The van der Waals surface area contributed by atoms with E-state index in [0.29, 0.717) is 42.1 Å². The Morgan fingerprint density at radius 3 is 2.50 bits per heavy atom. The molecule has 0 radical (unpaired) electrons. The van der Waals surface area contributed by atoms with Crippen molar-refractivity contribution in [2.75, 3.05) is 19.8 Å². The van der Waals surface area contributed by atoms with Crippen LogP contribution in [-0.2, 0) is 27.3 Å². The quantitative estimate of drug-likeness (QED) is 0.231. The van der Waals surface area contributed by atoms with Crippen molar-refractivity contribution in [3.8, 4) is 5.75 Å². The van der Waals surface area contributed by atoms with Gasteiger partial charge in [-0.1, -0.05) is 41.9 Å². The molecule has 2 atom stereocenters. The number of halogens is 2. The first-order chi connectivity index (χ1) is 16.8. The zero-order chi connectivity index (χ0) is 25.6. The number of aryl methyl sites for hydroxylation is 1. The zero-order valence-corrected chi connectivity index (χ0v) is 21.7. The number of amides is 3. The van der Waals surface area contributed by atoms with Crippen LogP contribution < -0.4 is 26.4 Å². The van der Waals surface area contributed by atoms with E-state index < -0.39 is 23.9 Å². The van der Waals surface area contributed by atoms with Gasteiger partial charge in [-0.25, -0.2) is 0 Å². The van der Waals surface area contributed by atoms with E-state index in [9.17, 15) is 14.4 Å². The number of nitrogens with two attached hydrogens (primary N) is 1. The van der Waals surface area contributed by atoms with Crippen LogP contribution in [0.4, 0.5) is 0 Å². The molecule has 0 aliphatic rings. The zero-order valence-electron chi connectivity index (χ0n) is 20.2. The van der Waals surface area contributed by atoms with Gasteiger partial charge >= 0.3 is 0 Å². The van der Waals surface area contributed by atoms with Gasteiger partial charge in [0.15, 0.2) is 6.61 Å². The smallest absolute Gasteiger partial charge is 0.257 e. The summed E-state index contributed by atoms with van der Waals surface area (Å²) >= 11 is 6.08. The van der Waals surface area contributed by atoms with Crippen LogP contribution in [0.5, 0.6) is 5.75 Å². The molecule has 3 amide bonds. The summed E-state index contributed by atoms with van der Waals surface area (Å²) in [6.45, 7) is 1.77. The summed E-state index contributed by atoms with van der Waals surface area (Å²) < 4.78 is 5.57. The van der Waals surface area contributed by atoms with Gasteiger partial charge in [-0.2, -0.15) is 0 Å². The van der Waals surface area contributed by atoms with Crippen molar-refractivity contribution in [2.45, 2.75) is 44.8 Å². The molecule has 6 N–H and O–H groups in total. The standard InChI is InChI=1S/C25H33ClN4O5.ClH/c1-17(30-25(34)21(27)10-8-18-6-3-2-4-7-18)24(33)29-15-19-14-20(26)9-11-22(19)35-16-23(32)28-12-5-13-31;/h2-4,6-7,9,11,14,17,21,31H,5,8,10,12-13,15-16,27H2,1H3,(H,28,32)(H,29,33)(H,30,34);1H. The maximum atomic E-state index is 12.5. The van der Waals surface area contributed by atoms with E-state index in [1.165, 1.54) is 0 Å². The molecule has 0 heterocycles. The second-order valence-electron chi connectivity index (χ2n) is 8.05. The van der Waals surface area contributed by atoms with Crippen LogP contribution in [0.25, 0.3) is 0 Å². The Kier molecular flexibility index (Phi) is 14.5. The van der Waals surface area contributed by atoms with Crippen LogP contribution in [0.3, 0.4) is 0 Å². The van der Waals surface area contributed by atoms with Crippen LogP contribution in [0.2, 0.25) is 5.02 Å². The Labute approximate surface area is 222 Å². The number of aliphatic hydroxyl groups excluding tert-OH is 1. The molecule has 2 rings (SSSR count). The average Bonchev–Trinajstić information content (AvgIpc) is 2.85. The molecule has 0 aliphatic heterocycles. The third kappa shape index (κ3) is 11.3. The number of hydrogen-bond donors (Lipinski definition) is 5. The molecule has 0 spiro atoms. The number of hydrogen-bond acceptors (Lipinski definition) is 6. The van der Waals surface area contributed by atoms with Gasteiger partial charge in [0.1, 0.15) is 11.8 Å².